The van der Waals surface area contributed by atoms with Gasteiger partial charge in [0.1, 0.15) is 5.82 Å². The standard InChI is InChI=1S/C10H15N3S2/c1-10(5-2-6-15-10)8-11-12-9(14)13(8)7-3-4-7/h7H,2-6H2,1H3,(H,12,14). The second-order valence-corrected chi connectivity index (χ2v) is 6.62. The third kappa shape index (κ3) is 1.56. The van der Waals surface area contributed by atoms with Crippen molar-refractivity contribution in [2.24, 2.45) is 0 Å². The normalized spacial score (nSPS) is 31.0. The van der Waals surface area contributed by atoms with Crippen LogP contribution < -0.4 is 0 Å². The van der Waals surface area contributed by atoms with Crippen molar-refractivity contribution in [3.63, 3.8) is 0 Å². The summed E-state index contributed by atoms with van der Waals surface area (Å²) in [6.07, 6.45) is 5.05. The largest absolute Gasteiger partial charge is 0.300 e. The third-order valence-electron chi connectivity index (χ3n) is 3.31. The van der Waals surface area contributed by atoms with Gasteiger partial charge in [0, 0.05) is 6.04 Å². The van der Waals surface area contributed by atoms with Gasteiger partial charge in [-0.15, -0.1) is 11.8 Å². The molecular formula is C10H15N3S2. The quantitative estimate of drug-likeness (QED) is 0.808. The van der Waals surface area contributed by atoms with Crippen molar-refractivity contribution in [3.8, 4) is 0 Å². The van der Waals surface area contributed by atoms with Crippen LogP contribution in [-0.2, 0) is 4.75 Å². The minimum atomic E-state index is 0.191. The molecule has 82 valence electrons. The summed E-state index contributed by atoms with van der Waals surface area (Å²) >= 11 is 7.33. The molecule has 0 aromatic carbocycles. The first-order valence-electron chi connectivity index (χ1n) is 5.52. The Morgan fingerprint density at radius 3 is 3.00 bits per heavy atom. The number of nitrogens with one attached hydrogen (secondary N) is 1. The monoisotopic (exact) mass is 241 g/mol. The van der Waals surface area contributed by atoms with Crippen LogP contribution in [0.3, 0.4) is 0 Å². The molecule has 3 rings (SSSR count). The summed E-state index contributed by atoms with van der Waals surface area (Å²) in [5, 5.41) is 7.42. The Morgan fingerprint density at radius 2 is 2.40 bits per heavy atom. The Bertz CT molecular complexity index is 424. The second-order valence-electron chi connectivity index (χ2n) is 4.64. The summed E-state index contributed by atoms with van der Waals surface area (Å²) < 4.78 is 3.25. The molecule has 0 spiro atoms. The molecule has 1 aliphatic heterocycles. The molecule has 0 bridgehead atoms. The van der Waals surface area contributed by atoms with E-state index < -0.39 is 0 Å². The molecule has 1 N–H and O–H groups in total. The van der Waals surface area contributed by atoms with E-state index in [4.69, 9.17) is 12.2 Å². The first kappa shape index (κ1) is 9.90. The Balaban J connectivity index is 2.07. The minimum absolute atomic E-state index is 0.191. The molecule has 5 heteroatoms. The van der Waals surface area contributed by atoms with Crippen LogP contribution in [0.5, 0.6) is 0 Å². The highest BCUT2D eigenvalue weighted by Crippen LogP contribution is 2.48. The fourth-order valence-electron chi connectivity index (χ4n) is 2.30. The highest BCUT2D eigenvalue weighted by Gasteiger charge is 2.39. The van der Waals surface area contributed by atoms with Gasteiger partial charge in [-0.05, 0) is 50.6 Å². The molecule has 15 heavy (non-hydrogen) atoms. The zero-order valence-corrected chi connectivity index (χ0v) is 10.5. The average molecular weight is 241 g/mol. The molecule has 0 radical (unpaired) electrons. The van der Waals surface area contributed by atoms with Gasteiger partial charge in [0.25, 0.3) is 0 Å². The van der Waals surface area contributed by atoms with Crippen LogP contribution in [0, 0.1) is 4.77 Å². The molecule has 1 aromatic heterocycles. The molecule has 0 amide bonds. The molecule has 1 saturated heterocycles. The van der Waals surface area contributed by atoms with E-state index >= 15 is 0 Å². The van der Waals surface area contributed by atoms with Gasteiger partial charge in [0.05, 0.1) is 4.75 Å². The van der Waals surface area contributed by atoms with Crippen LogP contribution >= 0.6 is 24.0 Å². The third-order valence-corrected chi connectivity index (χ3v) is 5.11. The van der Waals surface area contributed by atoms with E-state index in [-0.39, 0.29) is 4.75 Å². The van der Waals surface area contributed by atoms with Crippen molar-refractivity contribution in [1.29, 1.82) is 0 Å². The molecule has 1 aliphatic carbocycles. The summed E-state index contributed by atoms with van der Waals surface area (Å²) in [7, 11) is 0. The summed E-state index contributed by atoms with van der Waals surface area (Å²) in [4.78, 5) is 0. The Kier molecular flexibility index (Phi) is 2.21. The van der Waals surface area contributed by atoms with E-state index in [1.807, 2.05) is 11.8 Å². The van der Waals surface area contributed by atoms with Crippen molar-refractivity contribution in [3.05, 3.63) is 10.6 Å². The molecule has 1 saturated carbocycles. The zero-order chi connectivity index (χ0) is 10.5. The molecule has 2 heterocycles. The summed E-state index contributed by atoms with van der Waals surface area (Å²) in [5.41, 5.74) is 0. The summed E-state index contributed by atoms with van der Waals surface area (Å²) in [5.74, 6) is 2.43. The van der Waals surface area contributed by atoms with Crippen LogP contribution in [0.15, 0.2) is 0 Å². The maximum absolute atomic E-state index is 5.31. The zero-order valence-electron chi connectivity index (χ0n) is 8.82. The topological polar surface area (TPSA) is 33.6 Å². The van der Waals surface area contributed by atoms with Gasteiger partial charge in [0.15, 0.2) is 4.77 Å². The van der Waals surface area contributed by atoms with Gasteiger partial charge >= 0.3 is 0 Å². The first-order chi connectivity index (χ1) is 7.21. The molecular weight excluding hydrogens is 226 g/mol. The molecule has 3 nitrogen and oxygen atoms in total. The number of thioether (sulfide) groups is 1. The fourth-order valence-corrected chi connectivity index (χ4v) is 3.89. The second kappa shape index (κ2) is 3.35. The van der Waals surface area contributed by atoms with Gasteiger partial charge in [-0.25, -0.2) is 0 Å². The molecule has 2 fully saturated rings. The lowest BCUT2D eigenvalue weighted by Gasteiger charge is -2.22. The van der Waals surface area contributed by atoms with Gasteiger partial charge in [0.2, 0.25) is 0 Å². The van der Waals surface area contributed by atoms with E-state index in [9.17, 15) is 0 Å². The maximum atomic E-state index is 5.31. The van der Waals surface area contributed by atoms with Crippen LogP contribution in [0.2, 0.25) is 0 Å². The lowest BCUT2D eigenvalue weighted by Crippen LogP contribution is -2.19. The number of hydrogen-bond acceptors (Lipinski definition) is 3. The van der Waals surface area contributed by atoms with Crippen LogP contribution in [0.25, 0.3) is 0 Å². The highest BCUT2D eigenvalue weighted by atomic mass is 32.2. The first-order valence-corrected chi connectivity index (χ1v) is 6.91. The van der Waals surface area contributed by atoms with Crippen molar-refractivity contribution in [1.82, 2.24) is 14.8 Å². The van der Waals surface area contributed by atoms with Crippen LogP contribution in [-0.4, -0.2) is 20.5 Å². The van der Waals surface area contributed by atoms with Crippen molar-refractivity contribution < 1.29 is 0 Å². The van der Waals surface area contributed by atoms with Crippen LogP contribution in [0.1, 0.15) is 44.5 Å². The van der Waals surface area contributed by atoms with Gasteiger partial charge in [-0.2, -0.15) is 5.10 Å². The van der Waals surface area contributed by atoms with E-state index in [0.29, 0.717) is 6.04 Å². The number of rotatable bonds is 2. The molecule has 1 aromatic rings. The number of hydrogen-bond donors (Lipinski definition) is 1. The average Bonchev–Trinajstić information content (AvgIpc) is 2.83. The lowest BCUT2D eigenvalue weighted by atomic mass is 10.1. The fraction of sp³-hybridized carbons (Fsp3) is 0.800. The number of H-pyrrole nitrogens is 1. The van der Waals surface area contributed by atoms with Crippen molar-refractivity contribution in [2.45, 2.75) is 43.4 Å². The molecule has 2 aliphatic rings. The van der Waals surface area contributed by atoms with E-state index in [1.165, 1.54) is 37.3 Å². The summed E-state index contributed by atoms with van der Waals surface area (Å²) in [6, 6.07) is 0.629. The Morgan fingerprint density at radius 1 is 1.60 bits per heavy atom. The minimum Gasteiger partial charge on any atom is -0.300 e. The van der Waals surface area contributed by atoms with Crippen molar-refractivity contribution >= 4 is 24.0 Å². The van der Waals surface area contributed by atoms with Crippen molar-refractivity contribution in [2.75, 3.05) is 5.75 Å². The van der Waals surface area contributed by atoms with E-state index in [1.54, 1.807) is 0 Å². The van der Waals surface area contributed by atoms with Gasteiger partial charge in [-0.3, -0.25) is 9.67 Å². The van der Waals surface area contributed by atoms with E-state index in [2.05, 4.69) is 21.7 Å². The highest BCUT2D eigenvalue weighted by molar-refractivity contribution is 8.00. The Labute approximate surface area is 98.6 Å². The number of nitrogens with zero attached hydrogens (tertiary/aromatic N) is 2. The maximum Gasteiger partial charge on any atom is 0.195 e. The summed E-state index contributed by atoms with van der Waals surface area (Å²) in [6.45, 7) is 2.30. The molecule has 1 atom stereocenters. The van der Waals surface area contributed by atoms with Gasteiger partial charge in [-0.1, -0.05) is 0 Å². The SMILES string of the molecule is CC1(c2n[nH]c(=S)n2C2CC2)CCCS1. The predicted octanol–water partition coefficient (Wildman–Crippen LogP) is 3.02. The smallest absolute Gasteiger partial charge is 0.195 e. The Hall–Kier alpha value is -0.290. The number of aromatic amines is 1. The lowest BCUT2D eigenvalue weighted by molar-refractivity contribution is 0.549. The predicted molar refractivity (Wildman–Crippen MR) is 64.7 cm³/mol. The number of aromatic nitrogens is 3. The molecule has 1 unspecified atom stereocenters. The van der Waals surface area contributed by atoms with E-state index in [0.717, 1.165) is 4.77 Å². The van der Waals surface area contributed by atoms with Crippen LogP contribution in [0.4, 0.5) is 0 Å². The van der Waals surface area contributed by atoms with Gasteiger partial charge < -0.3 is 0 Å².